The molecule has 0 saturated carbocycles. The zero-order chi connectivity index (χ0) is 21.0. The van der Waals surface area contributed by atoms with Gasteiger partial charge in [0, 0.05) is 44.0 Å². The van der Waals surface area contributed by atoms with Gasteiger partial charge in [0.15, 0.2) is 0 Å². The second-order valence-corrected chi connectivity index (χ2v) is 9.40. The fourth-order valence-corrected chi connectivity index (χ4v) is 4.84. The summed E-state index contributed by atoms with van der Waals surface area (Å²) in [6.45, 7) is 5.71. The van der Waals surface area contributed by atoms with Crippen LogP contribution in [0.3, 0.4) is 0 Å². The van der Waals surface area contributed by atoms with Gasteiger partial charge >= 0.3 is 0 Å². The first-order chi connectivity index (χ1) is 13.7. The highest BCUT2D eigenvalue weighted by Crippen LogP contribution is 2.18. The van der Waals surface area contributed by atoms with Crippen molar-refractivity contribution < 1.29 is 17.6 Å². The van der Waals surface area contributed by atoms with Gasteiger partial charge in [-0.25, -0.2) is 12.8 Å². The minimum atomic E-state index is -3.46. The standard InChI is InChI=1S/C21H26FN3O3S/c1-16-13-17(2)15-18(14-16)21(26)23-7-12-29(27,28)25-10-8-24(9-11-25)20-5-3-19(22)4-6-20/h3-6,13-15H,7-12H2,1-2H3,(H,23,26). The van der Waals surface area contributed by atoms with E-state index in [1.165, 1.54) is 16.4 Å². The average molecular weight is 420 g/mol. The summed E-state index contributed by atoms with van der Waals surface area (Å²) in [5.41, 5.74) is 3.39. The van der Waals surface area contributed by atoms with Crippen LogP contribution in [-0.4, -0.2) is 57.1 Å². The van der Waals surface area contributed by atoms with Crippen LogP contribution in [0.5, 0.6) is 0 Å². The predicted molar refractivity (Wildman–Crippen MR) is 112 cm³/mol. The molecular formula is C21H26FN3O3S. The smallest absolute Gasteiger partial charge is 0.251 e. The minimum Gasteiger partial charge on any atom is -0.369 e. The largest absolute Gasteiger partial charge is 0.369 e. The van der Waals surface area contributed by atoms with E-state index in [4.69, 9.17) is 0 Å². The van der Waals surface area contributed by atoms with E-state index in [-0.39, 0.29) is 24.0 Å². The summed E-state index contributed by atoms with van der Waals surface area (Å²) < 4.78 is 39.7. The lowest BCUT2D eigenvalue weighted by Crippen LogP contribution is -2.50. The number of anilines is 1. The molecule has 1 saturated heterocycles. The summed E-state index contributed by atoms with van der Waals surface area (Å²) >= 11 is 0. The van der Waals surface area contributed by atoms with E-state index in [1.54, 1.807) is 24.3 Å². The van der Waals surface area contributed by atoms with E-state index in [1.807, 2.05) is 24.8 Å². The highest BCUT2D eigenvalue weighted by molar-refractivity contribution is 7.89. The van der Waals surface area contributed by atoms with Gasteiger partial charge in [-0.2, -0.15) is 4.31 Å². The maximum atomic E-state index is 13.1. The molecule has 8 heteroatoms. The SMILES string of the molecule is Cc1cc(C)cc(C(=O)NCCS(=O)(=O)N2CCN(c3ccc(F)cc3)CC2)c1. The van der Waals surface area contributed by atoms with E-state index >= 15 is 0 Å². The van der Waals surface area contributed by atoms with Crippen LogP contribution in [0.2, 0.25) is 0 Å². The van der Waals surface area contributed by atoms with E-state index in [2.05, 4.69) is 5.32 Å². The van der Waals surface area contributed by atoms with Crippen molar-refractivity contribution in [2.45, 2.75) is 13.8 Å². The van der Waals surface area contributed by atoms with Crippen molar-refractivity contribution in [1.29, 1.82) is 0 Å². The molecule has 156 valence electrons. The maximum Gasteiger partial charge on any atom is 0.251 e. The predicted octanol–water partition coefficient (Wildman–Crippen LogP) is 2.32. The number of hydrogen-bond acceptors (Lipinski definition) is 4. The maximum absolute atomic E-state index is 13.1. The third-order valence-electron chi connectivity index (χ3n) is 4.95. The fourth-order valence-electron chi connectivity index (χ4n) is 3.51. The van der Waals surface area contributed by atoms with Crippen LogP contribution < -0.4 is 10.2 Å². The molecule has 29 heavy (non-hydrogen) atoms. The molecule has 2 aromatic rings. The molecule has 1 amide bonds. The van der Waals surface area contributed by atoms with Crippen LogP contribution in [-0.2, 0) is 10.0 Å². The Bertz CT molecular complexity index is 949. The number of piperazine rings is 1. The number of hydrogen-bond donors (Lipinski definition) is 1. The first-order valence-electron chi connectivity index (χ1n) is 9.59. The molecule has 0 spiro atoms. The lowest BCUT2D eigenvalue weighted by molar-refractivity contribution is 0.0956. The lowest BCUT2D eigenvalue weighted by atomic mass is 10.1. The van der Waals surface area contributed by atoms with Gasteiger partial charge < -0.3 is 10.2 Å². The summed E-state index contributed by atoms with van der Waals surface area (Å²) in [4.78, 5) is 14.3. The van der Waals surface area contributed by atoms with E-state index < -0.39 is 10.0 Å². The fraction of sp³-hybridized carbons (Fsp3) is 0.381. The topological polar surface area (TPSA) is 69.7 Å². The second-order valence-electron chi connectivity index (χ2n) is 7.31. The van der Waals surface area contributed by atoms with Gasteiger partial charge in [0.2, 0.25) is 10.0 Å². The van der Waals surface area contributed by atoms with E-state index in [0.717, 1.165) is 16.8 Å². The number of benzene rings is 2. The number of aryl methyl sites for hydroxylation is 2. The first kappa shape index (κ1) is 21.3. The molecule has 1 fully saturated rings. The van der Waals surface area contributed by atoms with Gasteiger partial charge in [-0.3, -0.25) is 4.79 Å². The molecule has 0 bridgehead atoms. The molecule has 1 aliphatic heterocycles. The summed E-state index contributed by atoms with van der Waals surface area (Å²) in [5, 5.41) is 2.70. The number of rotatable bonds is 6. The average Bonchev–Trinajstić information content (AvgIpc) is 2.68. The van der Waals surface area contributed by atoms with Gasteiger partial charge in [-0.05, 0) is 50.2 Å². The summed E-state index contributed by atoms with van der Waals surface area (Å²) in [6.07, 6.45) is 0. The molecule has 1 N–H and O–H groups in total. The molecule has 0 aliphatic carbocycles. The Morgan fingerprint density at radius 1 is 1.00 bits per heavy atom. The number of halogens is 1. The Kier molecular flexibility index (Phi) is 6.54. The van der Waals surface area contributed by atoms with Gasteiger partial charge in [0.25, 0.3) is 5.91 Å². The normalized spacial score (nSPS) is 15.3. The molecule has 0 radical (unpaired) electrons. The number of nitrogens with zero attached hydrogens (tertiary/aromatic N) is 2. The van der Waals surface area contributed by atoms with Gasteiger partial charge in [0.1, 0.15) is 5.82 Å². The Morgan fingerprint density at radius 3 is 2.17 bits per heavy atom. The van der Waals surface area contributed by atoms with Crippen molar-refractivity contribution in [3.8, 4) is 0 Å². The Morgan fingerprint density at radius 2 is 1.59 bits per heavy atom. The number of carbonyl (C=O) groups excluding carboxylic acids is 1. The summed E-state index contributed by atoms with van der Waals surface area (Å²) in [7, 11) is -3.46. The highest BCUT2D eigenvalue weighted by Gasteiger charge is 2.27. The molecular weight excluding hydrogens is 393 g/mol. The number of nitrogens with one attached hydrogen (secondary N) is 1. The van der Waals surface area contributed by atoms with Gasteiger partial charge in [0.05, 0.1) is 5.75 Å². The van der Waals surface area contributed by atoms with Crippen molar-refractivity contribution >= 4 is 21.6 Å². The molecule has 0 unspecified atom stereocenters. The second kappa shape index (κ2) is 8.92. The van der Waals surface area contributed by atoms with E-state index in [9.17, 15) is 17.6 Å². The molecule has 1 aliphatic rings. The Balaban J connectivity index is 1.50. The van der Waals surface area contributed by atoms with Crippen LogP contribution in [0.4, 0.5) is 10.1 Å². The number of sulfonamides is 1. The summed E-state index contributed by atoms with van der Waals surface area (Å²) in [5.74, 6) is -0.703. The van der Waals surface area contributed by atoms with Crippen molar-refractivity contribution in [1.82, 2.24) is 9.62 Å². The lowest BCUT2D eigenvalue weighted by Gasteiger charge is -2.35. The van der Waals surface area contributed by atoms with Crippen molar-refractivity contribution in [3.05, 3.63) is 65.0 Å². The first-order valence-corrected chi connectivity index (χ1v) is 11.2. The van der Waals surface area contributed by atoms with Crippen molar-refractivity contribution in [2.75, 3.05) is 43.4 Å². The zero-order valence-electron chi connectivity index (χ0n) is 16.7. The van der Waals surface area contributed by atoms with Crippen LogP contribution >= 0.6 is 0 Å². The van der Waals surface area contributed by atoms with Gasteiger partial charge in [-0.1, -0.05) is 17.2 Å². The van der Waals surface area contributed by atoms with E-state index in [0.29, 0.717) is 31.7 Å². The molecule has 6 nitrogen and oxygen atoms in total. The van der Waals surface area contributed by atoms with Crippen LogP contribution in [0.15, 0.2) is 42.5 Å². The number of amides is 1. The quantitative estimate of drug-likeness (QED) is 0.780. The third kappa shape index (κ3) is 5.55. The van der Waals surface area contributed by atoms with Crippen LogP contribution in [0.25, 0.3) is 0 Å². The highest BCUT2D eigenvalue weighted by atomic mass is 32.2. The number of carbonyl (C=O) groups is 1. The summed E-state index contributed by atoms with van der Waals surface area (Å²) in [6, 6.07) is 11.7. The minimum absolute atomic E-state index is 0.0618. The van der Waals surface area contributed by atoms with Crippen LogP contribution in [0, 0.1) is 19.7 Å². The molecule has 0 aromatic heterocycles. The molecule has 3 rings (SSSR count). The van der Waals surface area contributed by atoms with Gasteiger partial charge in [-0.15, -0.1) is 0 Å². The zero-order valence-corrected chi connectivity index (χ0v) is 17.5. The molecule has 0 atom stereocenters. The monoisotopic (exact) mass is 419 g/mol. The Labute approximate surface area is 171 Å². The van der Waals surface area contributed by atoms with Crippen molar-refractivity contribution in [2.24, 2.45) is 0 Å². The third-order valence-corrected chi connectivity index (χ3v) is 6.83. The van der Waals surface area contributed by atoms with Crippen LogP contribution in [0.1, 0.15) is 21.5 Å². The molecule has 1 heterocycles. The Hall–Kier alpha value is -2.45. The molecule has 2 aromatic carbocycles. The van der Waals surface area contributed by atoms with Crippen molar-refractivity contribution in [3.63, 3.8) is 0 Å².